The molecule has 25 heavy (non-hydrogen) atoms. The molecule has 0 unspecified atom stereocenters. The Labute approximate surface area is 146 Å². The largest absolute Gasteiger partial charge is 0.465 e. The SMILES string of the molecule is COC(=O)c1ccc(Cn2nnc(-c3ccc(C(C)C)cc3)n2)cc1. The number of tetrazole rings is 1. The number of benzene rings is 2. The molecule has 128 valence electrons. The summed E-state index contributed by atoms with van der Waals surface area (Å²) in [7, 11) is 1.37. The average Bonchev–Trinajstić information content (AvgIpc) is 3.10. The fraction of sp³-hybridized carbons (Fsp3) is 0.263. The van der Waals surface area contributed by atoms with Gasteiger partial charge in [0.1, 0.15) is 0 Å². The second-order valence-corrected chi connectivity index (χ2v) is 6.11. The van der Waals surface area contributed by atoms with E-state index in [0.29, 0.717) is 23.9 Å². The van der Waals surface area contributed by atoms with Gasteiger partial charge < -0.3 is 4.74 Å². The highest BCUT2D eigenvalue weighted by Crippen LogP contribution is 2.19. The third-order valence-corrected chi connectivity index (χ3v) is 3.99. The van der Waals surface area contributed by atoms with Crippen molar-refractivity contribution < 1.29 is 9.53 Å². The standard InChI is InChI=1S/C19H20N4O2/c1-13(2)15-8-10-16(11-9-15)18-20-22-23(21-18)12-14-4-6-17(7-5-14)19(24)25-3/h4-11,13H,12H2,1-3H3. The van der Waals surface area contributed by atoms with Gasteiger partial charge in [-0.3, -0.25) is 0 Å². The molecule has 0 amide bonds. The van der Waals surface area contributed by atoms with Crippen LogP contribution in [0.5, 0.6) is 0 Å². The van der Waals surface area contributed by atoms with E-state index in [0.717, 1.165) is 11.1 Å². The van der Waals surface area contributed by atoms with Crippen LogP contribution in [0, 0.1) is 0 Å². The Bertz CT molecular complexity index is 852. The zero-order valence-electron chi connectivity index (χ0n) is 14.5. The lowest BCUT2D eigenvalue weighted by Crippen LogP contribution is -2.05. The van der Waals surface area contributed by atoms with Crippen molar-refractivity contribution in [2.75, 3.05) is 7.11 Å². The summed E-state index contributed by atoms with van der Waals surface area (Å²) in [4.78, 5) is 13.0. The molecule has 2 aromatic carbocycles. The Kier molecular flexibility index (Phi) is 4.88. The average molecular weight is 336 g/mol. The quantitative estimate of drug-likeness (QED) is 0.669. The van der Waals surface area contributed by atoms with Gasteiger partial charge in [-0.1, -0.05) is 50.2 Å². The van der Waals surface area contributed by atoms with Gasteiger partial charge in [-0.25, -0.2) is 4.79 Å². The van der Waals surface area contributed by atoms with Gasteiger partial charge in [-0.2, -0.15) is 4.80 Å². The van der Waals surface area contributed by atoms with Crippen LogP contribution in [0.4, 0.5) is 0 Å². The van der Waals surface area contributed by atoms with Crippen molar-refractivity contribution in [2.24, 2.45) is 0 Å². The normalized spacial score (nSPS) is 10.9. The second kappa shape index (κ2) is 7.25. The van der Waals surface area contributed by atoms with Crippen LogP contribution in [-0.2, 0) is 11.3 Å². The highest BCUT2D eigenvalue weighted by atomic mass is 16.5. The number of methoxy groups -OCH3 is 1. The minimum absolute atomic E-state index is 0.349. The summed E-state index contributed by atoms with van der Waals surface area (Å²) in [6.07, 6.45) is 0. The minimum atomic E-state index is -0.349. The number of carbonyl (C=O) groups is 1. The van der Waals surface area contributed by atoms with Crippen LogP contribution in [0.3, 0.4) is 0 Å². The van der Waals surface area contributed by atoms with E-state index in [9.17, 15) is 4.79 Å². The zero-order valence-corrected chi connectivity index (χ0v) is 14.5. The molecule has 0 aliphatic carbocycles. The fourth-order valence-corrected chi connectivity index (χ4v) is 2.47. The predicted octanol–water partition coefficient (Wildman–Crippen LogP) is 3.30. The van der Waals surface area contributed by atoms with E-state index in [1.807, 2.05) is 24.3 Å². The van der Waals surface area contributed by atoms with E-state index in [1.54, 1.807) is 16.9 Å². The molecule has 0 saturated carbocycles. The Hall–Kier alpha value is -3.02. The van der Waals surface area contributed by atoms with E-state index in [1.165, 1.54) is 12.7 Å². The lowest BCUT2D eigenvalue weighted by Gasteiger charge is -2.04. The van der Waals surface area contributed by atoms with Crippen molar-refractivity contribution in [3.8, 4) is 11.4 Å². The molecule has 0 bridgehead atoms. The lowest BCUT2D eigenvalue weighted by atomic mass is 10.0. The third-order valence-electron chi connectivity index (χ3n) is 3.99. The van der Waals surface area contributed by atoms with Crippen LogP contribution >= 0.6 is 0 Å². The first kappa shape index (κ1) is 16.8. The van der Waals surface area contributed by atoms with Gasteiger partial charge in [0.15, 0.2) is 0 Å². The number of carbonyl (C=O) groups excluding carboxylic acids is 1. The summed E-state index contributed by atoms with van der Waals surface area (Å²) in [5.74, 6) is 0.740. The molecule has 0 spiro atoms. The molecule has 6 nitrogen and oxygen atoms in total. The maximum atomic E-state index is 11.4. The van der Waals surface area contributed by atoms with Gasteiger partial charge in [0.05, 0.1) is 19.2 Å². The molecular weight excluding hydrogens is 316 g/mol. The summed E-state index contributed by atoms with van der Waals surface area (Å²) in [5.41, 5.74) is 3.72. The Morgan fingerprint density at radius 1 is 1.08 bits per heavy atom. The number of esters is 1. The first-order chi connectivity index (χ1) is 12.1. The summed E-state index contributed by atoms with van der Waals surface area (Å²) < 4.78 is 4.69. The molecule has 0 N–H and O–H groups in total. The highest BCUT2D eigenvalue weighted by Gasteiger charge is 2.08. The molecule has 3 aromatic rings. The molecular formula is C19H20N4O2. The number of hydrogen-bond acceptors (Lipinski definition) is 5. The lowest BCUT2D eigenvalue weighted by molar-refractivity contribution is 0.0600. The van der Waals surface area contributed by atoms with Crippen LogP contribution in [0.1, 0.15) is 41.3 Å². The van der Waals surface area contributed by atoms with Crippen LogP contribution in [-0.4, -0.2) is 33.3 Å². The third kappa shape index (κ3) is 3.91. The van der Waals surface area contributed by atoms with E-state index < -0.39 is 0 Å². The summed E-state index contributed by atoms with van der Waals surface area (Å²) >= 11 is 0. The number of rotatable bonds is 5. The molecule has 0 aliphatic heterocycles. The van der Waals surface area contributed by atoms with Gasteiger partial charge in [-0.05, 0) is 34.4 Å². The van der Waals surface area contributed by atoms with Gasteiger partial charge in [0.25, 0.3) is 0 Å². The Balaban J connectivity index is 1.72. The van der Waals surface area contributed by atoms with Crippen molar-refractivity contribution in [1.29, 1.82) is 0 Å². The van der Waals surface area contributed by atoms with E-state index >= 15 is 0 Å². The van der Waals surface area contributed by atoms with E-state index in [2.05, 4.69) is 41.4 Å². The van der Waals surface area contributed by atoms with Crippen molar-refractivity contribution >= 4 is 5.97 Å². The van der Waals surface area contributed by atoms with Gasteiger partial charge in [0, 0.05) is 5.56 Å². The van der Waals surface area contributed by atoms with Crippen molar-refractivity contribution in [1.82, 2.24) is 20.2 Å². The first-order valence-corrected chi connectivity index (χ1v) is 8.12. The maximum Gasteiger partial charge on any atom is 0.337 e. The molecule has 1 aromatic heterocycles. The van der Waals surface area contributed by atoms with Gasteiger partial charge in [0.2, 0.25) is 5.82 Å². The molecule has 6 heteroatoms. The molecule has 3 rings (SSSR count). The van der Waals surface area contributed by atoms with Crippen LogP contribution in [0.25, 0.3) is 11.4 Å². The van der Waals surface area contributed by atoms with Crippen molar-refractivity contribution in [2.45, 2.75) is 26.3 Å². The predicted molar refractivity (Wildman–Crippen MR) is 94.2 cm³/mol. The molecule has 0 fully saturated rings. The van der Waals surface area contributed by atoms with Crippen LogP contribution in [0.2, 0.25) is 0 Å². The van der Waals surface area contributed by atoms with E-state index in [4.69, 9.17) is 4.74 Å². The molecule has 0 radical (unpaired) electrons. The summed E-state index contributed by atoms with van der Waals surface area (Å²) in [6.45, 7) is 4.81. The maximum absolute atomic E-state index is 11.4. The topological polar surface area (TPSA) is 69.9 Å². The number of hydrogen-bond donors (Lipinski definition) is 0. The molecule has 1 heterocycles. The number of ether oxygens (including phenoxy) is 1. The van der Waals surface area contributed by atoms with Gasteiger partial charge >= 0.3 is 5.97 Å². The number of nitrogens with zero attached hydrogens (tertiary/aromatic N) is 4. The zero-order chi connectivity index (χ0) is 17.8. The molecule has 0 atom stereocenters. The fourth-order valence-electron chi connectivity index (χ4n) is 2.47. The molecule has 0 aliphatic rings. The first-order valence-electron chi connectivity index (χ1n) is 8.12. The summed E-state index contributed by atoms with van der Waals surface area (Å²) in [6, 6.07) is 15.4. The van der Waals surface area contributed by atoms with Crippen molar-refractivity contribution in [3.05, 3.63) is 65.2 Å². The van der Waals surface area contributed by atoms with Crippen LogP contribution in [0.15, 0.2) is 48.5 Å². The summed E-state index contributed by atoms with van der Waals surface area (Å²) in [5, 5.41) is 12.7. The Morgan fingerprint density at radius 3 is 2.36 bits per heavy atom. The smallest absolute Gasteiger partial charge is 0.337 e. The van der Waals surface area contributed by atoms with Crippen LogP contribution < -0.4 is 0 Å². The second-order valence-electron chi connectivity index (χ2n) is 6.11. The highest BCUT2D eigenvalue weighted by molar-refractivity contribution is 5.89. The Morgan fingerprint density at radius 2 is 1.76 bits per heavy atom. The number of aromatic nitrogens is 4. The molecule has 0 saturated heterocycles. The van der Waals surface area contributed by atoms with Gasteiger partial charge in [-0.15, -0.1) is 10.2 Å². The minimum Gasteiger partial charge on any atom is -0.465 e. The van der Waals surface area contributed by atoms with E-state index in [-0.39, 0.29) is 5.97 Å². The monoisotopic (exact) mass is 336 g/mol. The van der Waals surface area contributed by atoms with Crippen molar-refractivity contribution in [3.63, 3.8) is 0 Å².